The van der Waals surface area contributed by atoms with Gasteiger partial charge in [-0.25, -0.2) is 0 Å². The van der Waals surface area contributed by atoms with Crippen LogP contribution in [0.5, 0.6) is 0 Å². The smallest absolute Gasteiger partial charge is 0.377 e. The molecule has 1 aliphatic rings. The summed E-state index contributed by atoms with van der Waals surface area (Å²) in [6.45, 7) is 9.66. The Morgan fingerprint density at radius 1 is 1.15 bits per heavy atom. The second-order valence-corrected chi connectivity index (χ2v) is 10.0. The summed E-state index contributed by atoms with van der Waals surface area (Å²) in [5.74, 6) is -1.15. The van der Waals surface area contributed by atoms with E-state index in [1.54, 1.807) is 32.9 Å². The molecule has 0 bridgehead atoms. The molecule has 8 nitrogen and oxygen atoms in total. The molecule has 2 aromatic carbocycles. The van der Waals surface area contributed by atoms with Crippen LogP contribution in [0, 0.1) is 20.8 Å². The molecule has 0 unspecified atom stereocenters. The van der Waals surface area contributed by atoms with E-state index in [0.29, 0.717) is 41.3 Å². The fourth-order valence-electron chi connectivity index (χ4n) is 4.72. The summed E-state index contributed by atoms with van der Waals surface area (Å²) in [4.78, 5) is 42.8. The number of rotatable bonds is 8. The Bertz CT molecular complexity index is 1580. The number of amides is 2. The van der Waals surface area contributed by atoms with Gasteiger partial charge in [0.2, 0.25) is 5.91 Å². The largest absolute Gasteiger partial charge is 0.416 e. The van der Waals surface area contributed by atoms with E-state index in [2.05, 4.69) is 22.2 Å². The minimum atomic E-state index is -4.63. The standard InChI is InChI=1S/C30H31F3N4O4/c1-6-27(38)36-25-12-20(30(31,32)33)7-8-22(25)19-10-23(18(4)26(11-19)37(5)21-14-41-15-21)28(39)34-13-24-16(2)9-17(3)35-29(24)40/h6-12,21H,1,13-15H2,2-5H3,(H,34,39)(H,35,40)(H,36,38). The van der Waals surface area contributed by atoms with Crippen molar-refractivity contribution in [2.75, 3.05) is 30.5 Å². The predicted octanol–water partition coefficient (Wildman–Crippen LogP) is 4.88. The van der Waals surface area contributed by atoms with Crippen LogP contribution in [-0.4, -0.2) is 43.1 Å². The molecule has 0 atom stereocenters. The highest BCUT2D eigenvalue weighted by Gasteiger charge is 2.32. The molecule has 1 saturated heterocycles. The monoisotopic (exact) mass is 568 g/mol. The molecular weight excluding hydrogens is 537 g/mol. The van der Waals surface area contributed by atoms with E-state index in [9.17, 15) is 27.6 Å². The van der Waals surface area contributed by atoms with Gasteiger partial charge < -0.3 is 25.3 Å². The molecule has 2 amide bonds. The van der Waals surface area contributed by atoms with Crippen molar-refractivity contribution in [1.29, 1.82) is 0 Å². The minimum absolute atomic E-state index is 0.0213. The molecule has 4 rings (SSSR count). The Balaban J connectivity index is 1.81. The predicted molar refractivity (Wildman–Crippen MR) is 151 cm³/mol. The lowest BCUT2D eigenvalue weighted by molar-refractivity contribution is -0.137. The number of hydrogen-bond donors (Lipinski definition) is 3. The number of benzene rings is 2. The summed E-state index contributed by atoms with van der Waals surface area (Å²) in [7, 11) is 1.85. The molecule has 11 heteroatoms. The van der Waals surface area contributed by atoms with Crippen molar-refractivity contribution in [3.05, 3.63) is 92.9 Å². The number of alkyl halides is 3. The number of pyridine rings is 1. The molecule has 1 fully saturated rings. The summed E-state index contributed by atoms with van der Waals surface area (Å²) < 4.78 is 45.9. The van der Waals surface area contributed by atoms with E-state index in [1.807, 2.05) is 18.0 Å². The lowest BCUT2D eigenvalue weighted by Gasteiger charge is -2.37. The van der Waals surface area contributed by atoms with E-state index in [4.69, 9.17) is 4.74 Å². The molecule has 0 spiro atoms. The average Bonchev–Trinajstić information content (AvgIpc) is 2.86. The second kappa shape index (κ2) is 11.6. The molecule has 216 valence electrons. The van der Waals surface area contributed by atoms with Crippen LogP contribution < -0.4 is 21.1 Å². The van der Waals surface area contributed by atoms with Crippen LogP contribution in [0.15, 0.2) is 53.8 Å². The molecular formula is C30H31F3N4O4. The first kappa shape index (κ1) is 29.6. The fraction of sp³-hybridized carbons (Fsp3) is 0.300. The Morgan fingerprint density at radius 2 is 1.85 bits per heavy atom. The zero-order valence-electron chi connectivity index (χ0n) is 23.2. The fourth-order valence-corrected chi connectivity index (χ4v) is 4.72. The van der Waals surface area contributed by atoms with Crippen LogP contribution >= 0.6 is 0 Å². The molecule has 41 heavy (non-hydrogen) atoms. The molecule has 0 radical (unpaired) electrons. The van der Waals surface area contributed by atoms with Gasteiger partial charge >= 0.3 is 6.18 Å². The SMILES string of the molecule is C=CC(=O)Nc1cc(C(F)(F)F)ccc1-c1cc(C(=O)NCc2c(C)cc(C)[nH]c2=O)c(C)c(N(C)C2COC2)c1. The van der Waals surface area contributed by atoms with Gasteiger partial charge in [0.15, 0.2) is 0 Å². The van der Waals surface area contributed by atoms with Crippen molar-refractivity contribution in [2.24, 2.45) is 0 Å². The number of aromatic amines is 1. The third-order valence-electron chi connectivity index (χ3n) is 7.19. The summed E-state index contributed by atoms with van der Waals surface area (Å²) in [6.07, 6.45) is -3.67. The van der Waals surface area contributed by atoms with Crippen molar-refractivity contribution in [1.82, 2.24) is 10.3 Å². The number of likely N-dealkylation sites (N-methyl/N-ethyl adjacent to an activating group) is 1. The molecule has 1 aliphatic heterocycles. The number of nitrogens with one attached hydrogen (secondary N) is 3. The van der Waals surface area contributed by atoms with Gasteiger partial charge in [0, 0.05) is 47.4 Å². The minimum Gasteiger partial charge on any atom is -0.377 e. The maximum atomic E-state index is 13.5. The lowest BCUT2D eigenvalue weighted by Crippen LogP contribution is -2.47. The number of nitrogens with zero attached hydrogens (tertiary/aromatic N) is 1. The van der Waals surface area contributed by atoms with E-state index in [1.165, 1.54) is 6.07 Å². The van der Waals surface area contributed by atoms with Gasteiger partial charge in [-0.1, -0.05) is 12.6 Å². The summed E-state index contributed by atoms with van der Waals surface area (Å²) in [6, 6.07) is 8.23. The zero-order valence-corrected chi connectivity index (χ0v) is 23.2. The van der Waals surface area contributed by atoms with Crippen LogP contribution in [0.4, 0.5) is 24.5 Å². The first-order valence-corrected chi connectivity index (χ1v) is 12.9. The number of H-pyrrole nitrogens is 1. The third-order valence-corrected chi connectivity index (χ3v) is 7.19. The lowest BCUT2D eigenvalue weighted by atomic mass is 9.94. The van der Waals surface area contributed by atoms with E-state index < -0.39 is 23.6 Å². The van der Waals surface area contributed by atoms with Crippen molar-refractivity contribution in [2.45, 2.75) is 39.5 Å². The van der Waals surface area contributed by atoms with E-state index in [0.717, 1.165) is 23.8 Å². The topological polar surface area (TPSA) is 104 Å². The van der Waals surface area contributed by atoms with Crippen LogP contribution in [-0.2, 0) is 22.3 Å². The van der Waals surface area contributed by atoms with Crippen molar-refractivity contribution in [3.8, 4) is 11.1 Å². The molecule has 0 aliphatic carbocycles. The maximum absolute atomic E-state index is 13.5. The number of anilines is 2. The van der Waals surface area contributed by atoms with Gasteiger partial charge in [0.25, 0.3) is 11.5 Å². The van der Waals surface area contributed by atoms with Crippen molar-refractivity contribution >= 4 is 23.2 Å². The number of hydrogen-bond acceptors (Lipinski definition) is 5. The zero-order chi connectivity index (χ0) is 30.1. The highest BCUT2D eigenvalue weighted by molar-refractivity contribution is 6.03. The third kappa shape index (κ3) is 6.35. The van der Waals surface area contributed by atoms with Crippen LogP contribution in [0.25, 0.3) is 11.1 Å². The van der Waals surface area contributed by atoms with Gasteiger partial charge in [-0.05, 0) is 73.9 Å². The average molecular weight is 569 g/mol. The number of carbonyl (C=O) groups is 2. The van der Waals surface area contributed by atoms with Gasteiger partial charge in [-0.15, -0.1) is 0 Å². The highest BCUT2D eigenvalue weighted by atomic mass is 19.4. The Kier molecular flexibility index (Phi) is 8.39. The highest BCUT2D eigenvalue weighted by Crippen LogP contribution is 2.39. The molecule has 2 heterocycles. The maximum Gasteiger partial charge on any atom is 0.416 e. The van der Waals surface area contributed by atoms with Crippen LogP contribution in [0.2, 0.25) is 0 Å². The van der Waals surface area contributed by atoms with Crippen LogP contribution in [0.3, 0.4) is 0 Å². The number of aryl methyl sites for hydroxylation is 2. The first-order chi connectivity index (χ1) is 19.3. The van der Waals surface area contributed by atoms with Crippen molar-refractivity contribution < 1.29 is 27.5 Å². The summed E-state index contributed by atoms with van der Waals surface area (Å²) in [5.41, 5.74) is 2.81. The molecule has 0 saturated carbocycles. The second-order valence-electron chi connectivity index (χ2n) is 10.0. The van der Waals surface area contributed by atoms with Gasteiger partial charge in [0.05, 0.1) is 24.8 Å². The Labute approximate surface area is 235 Å². The Morgan fingerprint density at radius 3 is 2.44 bits per heavy atom. The summed E-state index contributed by atoms with van der Waals surface area (Å²) >= 11 is 0. The summed E-state index contributed by atoms with van der Waals surface area (Å²) in [5, 5.41) is 5.27. The number of aromatic nitrogens is 1. The first-order valence-electron chi connectivity index (χ1n) is 12.9. The molecule has 3 aromatic rings. The van der Waals surface area contributed by atoms with Gasteiger partial charge in [-0.2, -0.15) is 13.2 Å². The van der Waals surface area contributed by atoms with Crippen molar-refractivity contribution in [3.63, 3.8) is 0 Å². The number of ether oxygens (including phenoxy) is 1. The molecule has 3 N–H and O–H groups in total. The van der Waals surface area contributed by atoms with Crippen LogP contribution in [0.1, 0.15) is 38.3 Å². The number of halogens is 3. The quantitative estimate of drug-likeness (QED) is 0.337. The van der Waals surface area contributed by atoms with E-state index >= 15 is 0 Å². The van der Waals surface area contributed by atoms with E-state index in [-0.39, 0.29) is 35.0 Å². The Hall–Kier alpha value is -4.38. The molecule has 1 aromatic heterocycles. The normalized spacial score (nSPS) is 13.3. The number of carbonyl (C=O) groups excluding carboxylic acids is 2. The van der Waals surface area contributed by atoms with Gasteiger partial charge in [0.1, 0.15) is 0 Å². The van der Waals surface area contributed by atoms with Gasteiger partial charge in [-0.3, -0.25) is 14.4 Å².